The Morgan fingerprint density at radius 2 is 1.96 bits per heavy atom. The van der Waals surface area contributed by atoms with Crippen LogP contribution in [0.3, 0.4) is 0 Å². The van der Waals surface area contributed by atoms with Crippen LogP contribution in [0.15, 0.2) is 55.1 Å². The number of carbonyl (C=O) groups excluding carboxylic acids is 1. The first-order valence-corrected chi connectivity index (χ1v) is 9.21. The Labute approximate surface area is 162 Å². The van der Waals surface area contributed by atoms with Crippen molar-refractivity contribution in [2.24, 2.45) is 5.92 Å². The number of anilines is 2. The minimum Gasteiger partial charge on any atom is -0.354 e. The van der Waals surface area contributed by atoms with E-state index in [1.807, 2.05) is 30.5 Å². The van der Waals surface area contributed by atoms with Gasteiger partial charge in [-0.2, -0.15) is 0 Å². The molecule has 3 aromatic rings. The highest BCUT2D eigenvalue weighted by Gasteiger charge is 2.27. The first-order valence-electron chi connectivity index (χ1n) is 8.83. The molecule has 8 heteroatoms. The van der Waals surface area contributed by atoms with E-state index < -0.39 is 0 Å². The third-order valence-electron chi connectivity index (χ3n) is 4.65. The third-order valence-corrected chi connectivity index (χ3v) is 4.98. The molecule has 1 atom stereocenters. The molecule has 1 fully saturated rings. The predicted molar refractivity (Wildman–Crippen MR) is 104 cm³/mol. The van der Waals surface area contributed by atoms with Gasteiger partial charge in [-0.15, -0.1) is 10.2 Å². The number of hydrogen-bond acceptors (Lipinski definition) is 5. The molecule has 0 unspecified atom stereocenters. The second-order valence-electron chi connectivity index (χ2n) is 6.47. The van der Waals surface area contributed by atoms with Gasteiger partial charge in [0.1, 0.15) is 6.33 Å². The van der Waals surface area contributed by atoms with E-state index in [0.29, 0.717) is 23.1 Å². The first-order chi connectivity index (χ1) is 13.2. The average molecular weight is 383 g/mol. The number of carbonyl (C=O) groups is 1. The van der Waals surface area contributed by atoms with Crippen LogP contribution in [0, 0.1) is 5.92 Å². The van der Waals surface area contributed by atoms with Crippen LogP contribution in [0.25, 0.3) is 5.82 Å². The Balaban J connectivity index is 1.43. The maximum absolute atomic E-state index is 12.7. The van der Waals surface area contributed by atoms with E-state index in [1.165, 1.54) is 0 Å². The van der Waals surface area contributed by atoms with E-state index >= 15 is 0 Å². The number of imidazole rings is 1. The molecule has 4 rings (SSSR count). The number of nitrogens with one attached hydrogen (secondary N) is 1. The molecule has 1 N–H and O–H groups in total. The number of para-hydroxylation sites is 1. The largest absolute Gasteiger partial charge is 0.354 e. The molecular formula is C19H19ClN6O. The normalized spacial score (nSPS) is 16.9. The third kappa shape index (κ3) is 3.93. The van der Waals surface area contributed by atoms with Crippen LogP contribution >= 0.6 is 11.6 Å². The van der Waals surface area contributed by atoms with Gasteiger partial charge in [-0.25, -0.2) is 4.98 Å². The van der Waals surface area contributed by atoms with Gasteiger partial charge in [0.25, 0.3) is 0 Å². The maximum atomic E-state index is 12.7. The Hall–Kier alpha value is -2.93. The van der Waals surface area contributed by atoms with E-state index in [1.54, 1.807) is 29.2 Å². The number of piperidine rings is 1. The van der Waals surface area contributed by atoms with Gasteiger partial charge in [-0.3, -0.25) is 9.36 Å². The lowest BCUT2D eigenvalue weighted by Gasteiger charge is -2.32. The topological polar surface area (TPSA) is 75.9 Å². The van der Waals surface area contributed by atoms with Gasteiger partial charge in [0.2, 0.25) is 5.91 Å². The van der Waals surface area contributed by atoms with E-state index in [-0.39, 0.29) is 11.8 Å². The molecular weight excluding hydrogens is 364 g/mol. The standard InChI is InChI=1S/C19H19ClN6O/c20-15-5-1-2-6-16(15)22-19(27)14-4-3-10-25(12-14)17-7-8-18(24-23-17)26-11-9-21-13-26/h1-2,5-9,11,13-14H,3-4,10,12H2,(H,22,27)/t14-/m0/s1. The molecule has 1 aliphatic heterocycles. The predicted octanol–water partition coefficient (Wildman–Crippen LogP) is 3.17. The molecule has 27 heavy (non-hydrogen) atoms. The number of nitrogens with zero attached hydrogens (tertiary/aromatic N) is 5. The number of hydrogen-bond donors (Lipinski definition) is 1. The van der Waals surface area contributed by atoms with Crippen molar-refractivity contribution in [1.82, 2.24) is 19.7 Å². The van der Waals surface area contributed by atoms with Gasteiger partial charge >= 0.3 is 0 Å². The van der Waals surface area contributed by atoms with Gasteiger partial charge in [-0.1, -0.05) is 23.7 Å². The van der Waals surface area contributed by atoms with Crippen molar-refractivity contribution in [3.05, 3.63) is 60.1 Å². The summed E-state index contributed by atoms with van der Waals surface area (Å²) in [6.45, 7) is 1.46. The molecule has 0 bridgehead atoms. The molecule has 1 saturated heterocycles. The van der Waals surface area contributed by atoms with Crippen molar-refractivity contribution < 1.29 is 4.79 Å². The fourth-order valence-electron chi connectivity index (χ4n) is 3.22. The lowest BCUT2D eigenvalue weighted by atomic mass is 9.97. The maximum Gasteiger partial charge on any atom is 0.229 e. The molecule has 0 aliphatic carbocycles. The number of amides is 1. The highest BCUT2D eigenvalue weighted by atomic mass is 35.5. The molecule has 138 valence electrons. The van der Waals surface area contributed by atoms with Crippen molar-refractivity contribution in [3.8, 4) is 5.82 Å². The Kier molecular flexibility index (Phi) is 5.02. The van der Waals surface area contributed by atoms with E-state index in [2.05, 4.69) is 25.4 Å². The number of rotatable bonds is 4. The summed E-state index contributed by atoms with van der Waals surface area (Å²) in [5, 5.41) is 12.1. The second kappa shape index (κ2) is 7.75. The van der Waals surface area contributed by atoms with Crippen LogP contribution in [0.4, 0.5) is 11.5 Å². The van der Waals surface area contributed by atoms with Gasteiger partial charge in [0.05, 0.1) is 16.6 Å². The minimum atomic E-state index is -0.120. The zero-order valence-electron chi connectivity index (χ0n) is 14.6. The van der Waals surface area contributed by atoms with Crippen LogP contribution in [0.2, 0.25) is 5.02 Å². The summed E-state index contributed by atoms with van der Waals surface area (Å²) in [5.41, 5.74) is 0.644. The van der Waals surface area contributed by atoms with Crippen molar-refractivity contribution in [3.63, 3.8) is 0 Å². The molecule has 0 radical (unpaired) electrons. The molecule has 0 saturated carbocycles. The SMILES string of the molecule is O=C(Nc1ccccc1Cl)[C@H]1CCCN(c2ccc(-n3ccnc3)nn2)C1. The Morgan fingerprint density at radius 1 is 1.15 bits per heavy atom. The zero-order chi connectivity index (χ0) is 18.6. The molecule has 7 nitrogen and oxygen atoms in total. The van der Waals surface area contributed by atoms with Crippen molar-refractivity contribution in [2.75, 3.05) is 23.3 Å². The molecule has 2 aromatic heterocycles. The molecule has 1 aromatic carbocycles. The zero-order valence-corrected chi connectivity index (χ0v) is 15.4. The number of benzene rings is 1. The van der Waals surface area contributed by atoms with E-state index in [0.717, 1.165) is 25.2 Å². The summed E-state index contributed by atoms with van der Waals surface area (Å²) in [6, 6.07) is 11.1. The summed E-state index contributed by atoms with van der Waals surface area (Å²) in [5.74, 6) is 1.34. The van der Waals surface area contributed by atoms with Crippen molar-refractivity contribution >= 4 is 29.0 Å². The van der Waals surface area contributed by atoms with Gasteiger partial charge < -0.3 is 10.2 Å². The quantitative estimate of drug-likeness (QED) is 0.750. The summed E-state index contributed by atoms with van der Waals surface area (Å²) in [6.07, 6.45) is 6.96. The van der Waals surface area contributed by atoms with E-state index in [9.17, 15) is 4.79 Å². The average Bonchev–Trinajstić information content (AvgIpc) is 3.25. The number of halogens is 1. The summed E-state index contributed by atoms with van der Waals surface area (Å²) >= 11 is 6.14. The fraction of sp³-hybridized carbons (Fsp3) is 0.263. The van der Waals surface area contributed by atoms with Crippen molar-refractivity contribution in [1.29, 1.82) is 0 Å². The highest BCUT2D eigenvalue weighted by Crippen LogP contribution is 2.25. The lowest BCUT2D eigenvalue weighted by molar-refractivity contribution is -0.120. The monoisotopic (exact) mass is 382 g/mol. The Morgan fingerprint density at radius 3 is 2.70 bits per heavy atom. The Bertz CT molecular complexity index is 912. The molecule has 0 spiro atoms. The molecule has 1 aliphatic rings. The van der Waals surface area contributed by atoms with Crippen LogP contribution in [-0.2, 0) is 4.79 Å². The lowest BCUT2D eigenvalue weighted by Crippen LogP contribution is -2.41. The van der Waals surface area contributed by atoms with E-state index in [4.69, 9.17) is 11.6 Å². The van der Waals surface area contributed by atoms with Crippen LogP contribution in [-0.4, -0.2) is 38.7 Å². The number of aromatic nitrogens is 4. The fourth-order valence-corrected chi connectivity index (χ4v) is 3.40. The second-order valence-corrected chi connectivity index (χ2v) is 6.88. The highest BCUT2D eigenvalue weighted by molar-refractivity contribution is 6.33. The molecule has 3 heterocycles. The summed E-state index contributed by atoms with van der Waals surface area (Å²) < 4.78 is 1.80. The first kappa shape index (κ1) is 17.5. The van der Waals surface area contributed by atoms with Gasteiger partial charge in [0.15, 0.2) is 11.6 Å². The van der Waals surface area contributed by atoms with Gasteiger partial charge in [0, 0.05) is 25.5 Å². The smallest absolute Gasteiger partial charge is 0.229 e. The summed E-state index contributed by atoms with van der Waals surface area (Å²) in [7, 11) is 0. The van der Waals surface area contributed by atoms with Crippen LogP contribution in [0.1, 0.15) is 12.8 Å². The van der Waals surface area contributed by atoms with Crippen molar-refractivity contribution in [2.45, 2.75) is 12.8 Å². The minimum absolute atomic E-state index is 0.0178. The summed E-state index contributed by atoms with van der Waals surface area (Å²) in [4.78, 5) is 18.8. The van der Waals surface area contributed by atoms with Gasteiger partial charge in [-0.05, 0) is 37.1 Å². The van der Waals surface area contributed by atoms with Crippen LogP contribution in [0.5, 0.6) is 0 Å². The molecule has 1 amide bonds. The van der Waals surface area contributed by atoms with Crippen LogP contribution < -0.4 is 10.2 Å².